The molecular formula is C29H29FN4O8S2. The molecule has 0 saturated carbocycles. The summed E-state index contributed by atoms with van der Waals surface area (Å²) in [6.07, 6.45) is 0.652. The van der Waals surface area contributed by atoms with Crippen molar-refractivity contribution in [3.05, 3.63) is 109 Å². The second-order valence-corrected chi connectivity index (χ2v) is 11.6. The van der Waals surface area contributed by atoms with E-state index in [2.05, 4.69) is 10.6 Å². The van der Waals surface area contributed by atoms with Gasteiger partial charge in [0, 0.05) is 23.4 Å². The van der Waals surface area contributed by atoms with Crippen molar-refractivity contribution in [2.45, 2.75) is 16.2 Å². The Morgan fingerprint density at radius 3 is 1.59 bits per heavy atom. The summed E-state index contributed by atoms with van der Waals surface area (Å²) in [6.45, 7) is 0.890. The molecule has 15 heteroatoms. The van der Waals surface area contributed by atoms with E-state index in [4.69, 9.17) is 25.2 Å². The van der Waals surface area contributed by atoms with E-state index in [1.54, 1.807) is 66.7 Å². The van der Waals surface area contributed by atoms with E-state index in [-0.39, 0.29) is 10.7 Å². The first-order valence-corrected chi connectivity index (χ1v) is 15.6. The van der Waals surface area contributed by atoms with Crippen molar-refractivity contribution >= 4 is 43.6 Å². The van der Waals surface area contributed by atoms with Crippen LogP contribution in [0.2, 0.25) is 0 Å². The number of amidine groups is 1. The molecule has 0 heterocycles. The van der Waals surface area contributed by atoms with Gasteiger partial charge >= 0.3 is 16.3 Å². The molecule has 0 atom stereocenters. The van der Waals surface area contributed by atoms with Crippen LogP contribution in [-0.4, -0.2) is 46.5 Å². The summed E-state index contributed by atoms with van der Waals surface area (Å²) in [7, 11) is -8.79. The van der Waals surface area contributed by atoms with E-state index < -0.39 is 31.3 Å². The lowest BCUT2D eigenvalue weighted by molar-refractivity contribution is 0.247. The number of halogens is 1. The smallest absolute Gasteiger partial charge is 0.332 e. The van der Waals surface area contributed by atoms with Gasteiger partial charge in [-0.1, -0.05) is 18.2 Å². The highest BCUT2D eigenvalue weighted by molar-refractivity contribution is 7.86. The molecule has 4 rings (SSSR count). The molecule has 2 amide bonds. The predicted molar refractivity (Wildman–Crippen MR) is 163 cm³/mol. The van der Waals surface area contributed by atoms with Gasteiger partial charge in [-0.3, -0.25) is 9.96 Å². The zero-order valence-corrected chi connectivity index (χ0v) is 24.6. The van der Waals surface area contributed by atoms with Gasteiger partial charge in [0.25, 0.3) is 10.1 Å². The Morgan fingerprint density at radius 1 is 0.727 bits per heavy atom. The van der Waals surface area contributed by atoms with Crippen LogP contribution in [0, 0.1) is 5.41 Å². The molecule has 0 aromatic heterocycles. The number of urea groups is 1. The quantitative estimate of drug-likeness (QED) is 0.0487. The third-order valence-electron chi connectivity index (χ3n) is 5.54. The number of rotatable bonds is 11. The van der Waals surface area contributed by atoms with E-state index in [0.717, 1.165) is 12.1 Å². The summed E-state index contributed by atoms with van der Waals surface area (Å²) in [5.74, 6) is 1.31. The van der Waals surface area contributed by atoms with Crippen LogP contribution in [0.1, 0.15) is 12.0 Å². The van der Waals surface area contributed by atoms with Gasteiger partial charge in [0.1, 0.15) is 17.3 Å². The first kappa shape index (κ1) is 33.5. The van der Waals surface area contributed by atoms with Crippen LogP contribution in [-0.2, 0) is 20.3 Å². The molecule has 0 bridgehead atoms. The number of nitrogens with one attached hydrogen (secondary N) is 3. The number of hydrogen-bond donors (Lipinski definition) is 5. The second-order valence-electron chi connectivity index (χ2n) is 8.84. The Hall–Kier alpha value is -4.99. The molecule has 0 spiro atoms. The van der Waals surface area contributed by atoms with Crippen molar-refractivity contribution in [3.8, 4) is 11.5 Å². The minimum atomic E-state index is -4.79. The maximum absolute atomic E-state index is 12.9. The van der Waals surface area contributed by atoms with Gasteiger partial charge in [-0.15, -0.1) is 3.89 Å². The van der Waals surface area contributed by atoms with Crippen molar-refractivity contribution in [2.24, 2.45) is 5.73 Å². The normalized spacial score (nSPS) is 11.0. The molecule has 0 aliphatic rings. The molecule has 232 valence electrons. The fourth-order valence-electron chi connectivity index (χ4n) is 3.39. The third kappa shape index (κ3) is 11.4. The monoisotopic (exact) mass is 644 g/mol. The SMILES string of the molecule is N=C(N)c1ccc(OCCCOc2ccc(NC(=O)Nc3ccc(S(=O)(=O)F)cc3)cc2)cc1.O=S(=O)(O)c1ccccc1. The summed E-state index contributed by atoms with van der Waals surface area (Å²) in [6, 6.07) is 25.3. The lowest BCUT2D eigenvalue weighted by Crippen LogP contribution is -2.19. The Bertz CT molecular complexity index is 1750. The summed E-state index contributed by atoms with van der Waals surface area (Å²) in [5, 5.41) is 12.5. The van der Waals surface area contributed by atoms with Crippen molar-refractivity contribution in [1.29, 1.82) is 5.41 Å². The molecule has 0 fully saturated rings. The number of nitrogen functional groups attached to an aromatic ring is 1. The van der Waals surface area contributed by atoms with Crippen molar-refractivity contribution in [2.75, 3.05) is 23.8 Å². The van der Waals surface area contributed by atoms with Crippen molar-refractivity contribution in [3.63, 3.8) is 0 Å². The minimum Gasteiger partial charge on any atom is -0.493 e. The lowest BCUT2D eigenvalue weighted by Gasteiger charge is -2.10. The van der Waals surface area contributed by atoms with E-state index in [0.29, 0.717) is 48.1 Å². The minimum absolute atomic E-state index is 0.00535. The zero-order chi connectivity index (χ0) is 32.2. The molecule has 4 aromatic carbocycles. The third-order valence-corrected chi connectivity index (χ3v) is 7.24. The number of nitrogens with two attached hydrogens (primary N) is 1. The fourth-order valence-corrected chi connectivity index (χ4v) is 4.35. The molecule has 6 N–H and O–H groups in total. The Morgan fingerprint density at radius 2 is 1.18 bits per heavy atom. The number of ether oxygens (including phenoxy) is 2. The number of amides is 2. The average molecular weight is 645 g/mol. The van der Waals surface area contributed by atoms with Crippen LogP contribution >= 0.6 is 0 Å². The van der Waals surface area contributed by atoms with E-state index in [9.17, 15) is 25.5 Å². The van der Waals surface area contributed by atoms with Gasteiger partial charge in [0.2, 0.25) is 0 Å². The number of benzene rings is 4. The van der Waals surface area contributed by atoms with E-state index in [1.807, 2.05) is 0 Å². The highest BCUT2D eigenvalue weighted by Gasteiger charge is 2.11. The second kappa shape index (κ2) is 15.5. The first-order chi connectivity index (χ1) is 20.8. The molecular weight excluding hydrogens is 615 g/mol. The van der Waals surface area contributed by atoms with E-state index >= 15 is 0 Å². The molecule has 12 nitrogen and oxygen atoms in total. The summed E-state index contributed by atoms with van der Waals surface area (Å²) >= 11 is 0. The van der Waals surface area contributed by atoms with Crippen LogP contribution in [0.3, 0.4) is 0 Å². The number of carbonyl (C=O) groups excluding carboxylic acids is 1. The summed E-state index contributed by atoms with van der Waals surface area (Å²) in [4.78, 5) is 11.5. The highest BCUT2D eigenvalue weighted by Crippen LogP contribution is 2.19. The Labute approximate surface area is 254 Å². The molecule has 4 aromatic rings. The maximum atomic E-state index is 12.9. The van der Waals surface area contributed by atoms with Gasteiger partial charge < -0.3 is 25.8 Å². The molecule has 0 unspecified atom stereocenters. The highest BCUT2D eigenvalue weighted by atomic mass is 32.3. The zero-order valence-electron chi connectivity index (χ0n) is 23.0. The number of carbonyl (C=O) groups is 1. The predicted octanol–water partition coefficient (Wildman–Crippen LogP) is 5.05. The molecule has 0 radical (unpaired) electrons. The molecule has 44 heavy (non-hydrogen) atoms. The van der Waals surface area contributed by atoms with Crippen molar-refractivity contribution < 1.29 is 39.5 Å². The number of hydrogen-bond acceptors (Lipinski definition) is 8. The van der Waals surface area contributed by atoms with Crippen LogP contribution in [0.15, 0.2) is 113 Å². The first-order valence-electron chi connectivity index (χ1n) is 12.8. The maximum Gasteiger partial charge on any atom is 0.332 e. The van der Waals surface area contributed by atoms with Gasteiger partial charge in [-0.25, -0.2) is 4.79 Å². The van der Waals surface area contributed by atoms with Crippen LogP contribution in [0.25, 0.3) is 0 Å². The summed E-state index contributed by atoms with van der Waals surface area (Å²) in [5.41, 5.74) is 6.88. The molecule has 0 aliphatic heterocycles. The topological polar surface area (TPSA) is 198 Å². The summed E-state index contributed by atoms with van der Waals surface area (Å²) < 4.78 is 75.1. The van der Waals surface area contributed by atoms with Gasteiger partial charge in [-0.2, -0.15) is 16.8 Å². The van der Waals surface area contributed by atoms with Gasteiger partial charge in [0.05, 0.1) is 23.0 Å². The fraction of sp³-hybridized carbons (Fsp3) is 0.103. The number of anilines is 2. The van der Waals surface area contributed by atoms with Crippen molar-refractivity contribution in [1.82, 2.24) is 0 Å². The van der Waals surface area contributed by atoms with Gasteiger partial charge in [0.15, 0.2) is 0 Å². The van der Waals surface area contributed by atoms with Gasteiger partial charge in [-0.05, 0) is 84.9 Å². The van der Waals surface area contributed by atoms with Crippen LogP contribution in [0.4, 0.5) is 20.1 Å². The van der Waals surface area contributed by atoms with E-state index in [1.165, 1.54) is 24.3 Å². The largest absolute Gasteiger partial charge is 0.493 e. The molecule has 0 saturated heterocycles. The van der Waals surface area contributed by atoms with Crippen LogP contribution < -0.4 is 25.8 Å². The lowest BCUT2D eigenvalue weighted by atomic mass is 10.2. The Balaban J connectivity index is 0.000000448. The Kier molecular flexibility index (Phi) is 11.8. The molecule has 0 aliphatic carbocycles. The average Bonchev–Trinajstić information content (AvgIpc) is 2.98. The van der Waals surface area contributed by atoms with Crippen LogP contribution in [0.5, 0.6) is 11.5 Å². The standard InChI is InChI=1S/C23H23FN4O5S.C6H6O3S/c24-34(30,31)21-12-6-18(7-13-21)28-23(29)27-17-4-10-20(11-5-17)33-15-1-14-32-19-8-2-16(3-9-19)22(25)26;7-10(8,9)6-4-2-1-3-5-6/h2-13H,1,14-15H2,(H3,25,26)(H2,27,28,29);1-5H,(H,7,8,9).